The largest absolute Gasteiger partial charge is 0.492 e. The second-order valence-electron chi connectivity index (χ2n) is 4.32. The number of nitrogens with zero attached hydrogens (tertiary/aromatic N) is 4. The summed E-state index contributed by atoms with van der Waals surface area (Å²) >= 11 is 6.60. The first-order valence-corrected chi connectivity index (χ1v) is 8.37. The van der Waals surface area contributed by atoms with E-state index >= 15 is 0 Å². The van der Waals surface area contributed by atoms with Crippen molar-refractivity contribution in [3.8, 4) is 0 Å². The summed E-state index contributed by atoms with van der Waals surface area (Å²) in [5.74, 6) is -0.346. The zero-order valence-corrected chi connectivity index (χ0v) is 13.9. The van der Waals surface area contributed by atoms with E-state index in [0.717, 1.165) is 18.2 Å². The molecule has 8 heteroatoms. The Morgan fingerprint density at radius 1 is 1.11 bits per heavy atom. The molecule has 19 heavy (non-hydrogen) atoms. The average molecular weight is 398 g/mol. The third-order valence-corrected chi connectivity index (χ3v) is 3.93. The van der Waals surface area contributed by atoms with Gasteiger partial charge in [-0.1, -0.05) is 48.0 Å². The normalized spacial score (nSPS) is 10.8. The van der Waals surface area contributed by atoms with Crippen LogP contribution < -0.4 is 0 Å². The van der Waals surface area contributed by atoms with Gasteiger partial charge in [0.1, 0.15) is 0 Å². The van der Waals surface area contributed by atoms with E-state index in [4.69, 9.17) is 0 Å². The number of aromatic nitrogens is 3. The molecule has 1 heterocycles. The summed E-state index contributed by atoms with van der Waals surface area (Å²) in [6, 6.07) is 0. The molecule has 0 aliphatic rings. The fourth-order valence-corrected chi connectivity index (χ4v) is 2.58. The third-order valence-electron chi connectivity index (χ3n) is 2.78. The van der Waals surface area contributed by atoms with Crippen LogP contribution in [-0.4, -0.2) is 25.0 Å². The van der Waals surface area contributed by atoms with Crippen LogP contribution in [0.15, 0.2) is 4.73 Å². The van der Waals surface area contributed by atoms with Gasteiger partial charge in [0, 0.05) is 26.4 Å². The number of hydrogen-bond acceptors (Lipinski definition) is 4. The maximum absolute atomic E-state index is 10.5. The Morgan fingerprint density at radius 2 is 1.68 bits per heavy atom. The highest BCUT2D eigenvalue weighted by atomic mass is 79.9. The molecular formula is C11H18Br2N4O2. The average Bonchev–Trinajstić information content (AvgIpc) is 2.74. The molecule has 0 bridgehead atoms. The zero-order chi connectivity index (χ0) is 14.1. The lowest BCUT2D eigenvalue weighted by Gasteiger charge is -2.00. The lowest BCUT2D eigenvalue weighted by Crippen LogP contribution is -2.01. The molecular weight excluding hydrogens is 380 g/mol. The van der Waals surface area contributed by atoms with Crippen LogP contribution in [0.25, 0.3) is 0 Å². The summed E-state index contributed by atoms with van der Waals surface area (Å²) < 4.78 is 1.97. The molecule has 0 spiro atoms. The number of aryl methyl sites for hydroxylation is 1. The van der Waals surface area contributed by atoms with Gasteiger partial charge in [-0.2, -0.15) is 4.68 Å². The van der Waals surface area contributed by atoms with Crippen molar-refractivity contribution < 1.29 is 4.92 Å². The van der Waals surface area contributed by atoms with Gasteiger partial charge in [0.25, 0.3) is 4.73 Å². The Bertz CT molecular complexity index is 398. The maximum Gasteiger partial charge on any atom is 0.492 e. The second kappa shape index (κ2) is 9.41. The number of rotatable bonds is 10. The van der Waals surface area contributed by atoms with Crippen LogP contribution in [0.5, 0.6) is 0 Å². The van der Waals surface area contributed by atoms with Crippen LogP contribution in [0.4, 0.5) is 5.95 Å². The minimum atomic E-state index is -0.578. The molecule has 1 rings (SSSR count). The zero-order valence-electron chi connectivity index (χ0n) is 10.7. The summed E-state index contributed by atoms with van der Waals surface area (Å²) in [5, 5.41) is 15.4. The monoisotopic (exact) mass is 396 g/mol. The molecule has 0 N–H and O–H groups in total. The maximum atomic E-state index is 10.5. The highest BCUT2D eigenvalue weighted by Crippen LogP contribution is 2.14. The lowest BCUT2D eigenvalue weighted by atomic mass is 10.1. The molecule has 108 valence electrons. The highest BCUT2D eigenvalue weighted by Gasteiger charge is 2.18. The van der Waals surface area contributed by atoms with Crippen molar-refractivity contribution in [3.05, 3.63) is 14.8 Å². The van der Waals surface area contributed by atoms with Crippen molar-refractivity contribution in [2.45, 2.75) is 51.5 Å². The molecule has 0 aromatic carbocycles. The van der Waals surface area contributed by atoms with E-state index in [1.165, 1.54) is 32.1 Å². The van der Waals surface area contributed by atoms with E-state index in [9.17, 15) is 10.1 Å². The molecule has 0 fully saturated rings. The molecule has 0 atom stereocenters. The number of unbranched alkanes of at least 4 members (excludes halogenated alkanes) is 6. The van der Waals surface area contributed by atoms with Gasteiger partial charge in [-0.15, -0.1) is 0 Å². The van der Waals surface area contributed by atoms with Crippen molar-refractivity contribution >= 4 is 37.8 Å². The standard InChI is InChI=1S/C11H18Br2N4O2/c12-8-6-4-2-1-3-5-7-9-16-10(13)14-11(15-16)17(18)19/h1-9H2. The predicted octanol–water partition coefficient (Wildman–Crippen LogP) is 4.07. The topological polar surface area (TPSA) is 73.8 Å². The first-order valence-electron chi connectivity index (χ1n) is 6.46. The van der Waals surface area contributed by atoms with Gasteiger partial charge < -0.3 is 10.1 Å². The first-order chi connectivity index (χ1) is 9.15. The molecule has 0 amide bonds. The summed E-state index contributed by atoms with van der Waals surface area (Å²) in [6.07, 6.45) is 8.36. The Hall–Kier alpha value is -0.500. The number of nitro groups is 1. The molecule has 6 nitrogen and oxygen atoms in total. The summed E-state index contributed by atoms with van der Waals surface area (Å²) in [7, 11) is 0. The van der Waals surface area contributed by atoms with Gasteiger partial charge >= 0.3 is 5.95 Å². The van der Waals surface area contributed by atoms with Crippen molar-refractivity contribution in [2.75, 3.05) is 5.33 Å². The lowest BCUT2D eigenvalue weighted by molar-refractivity contribution is -0.394. The molecule has 0 unspecified atom stereocenters. The molecule has 0 saturated carbocycles. The van der Waals surface area contributed by atoms with E-state index < -0.39 is 4.92 Å². The van der Waals surface area contributed by atoms with Crippen molar-refractivity contribution in [3.63, 3.8) is 0 Å². The molecule has 0 aliphatic carbocycles. The second-order valence-corrected chi connectivity index (χ2v) is 5.83. The van der Waals surface area contributed by atoms with E-state index in [0.29, 0.717) is 11.3 Å². The molecule has 0 radical (unpaired) electrons. The van der Waals surface area contributed by atoms with Gasteiger partial charge in [-0.05, 0) is 22.7 Å². The van der Waals surface area contributed by atoms with Gasteiger partial charge in [-0.25, -0.2) is 0 Å². The van der Waals surface area contributed by atoms with Crippen LogP contribution in [0.1, 0.15) is 44.9 Å². The SMILES string of the molecule is O=[N+]([O-])c1nc(Br)n(CCCCCCCCCBr)n1. The van der Waals surface area contributed by atoms with Crippen LogP contribution in [0.3, 0.4) is 0 Å². The Labute approximate surface area is 129 Å². The molecule has 0 saturated heterocycles. The summed E-state index contributed by atoms with van der Waals surface area (Å²) in [4.78, 5) is 13.7. The first kappa shape index (κ1) is 16.6. The molecule has 1 aromatic heterocycles. The fraction of sp³-hybridized carbons (Fsp3) is 0.818. The van der Waals surface area contributed by atoms with E-state index in [2.05, 4.69) is 41.9 Å². The molecule has 0 aliphatic heterocycles. The number of hydrogen-bond donors (Lipinski definition) is 0. The van der Waals surface area contributed by atoms with Gasteiger partial charge in [0.05, 0.1) is 6.54 Å². The number of alkyl halides is 1. The van der Waals surface area contributed by atoms with E-state index in [-0.39, 0.29) is 5.95 Å². The van der Waals surface area contributed by atoms with Crippen LogP contribution >= 0.6 is 31.9 Å². The van der Waals surface area contributed by atoms with E-state index in [1.54, 1.807) is 4.68 Å². The van der Waals surface area contributed by atoms with Crippen molar-refractivity contribution in [1.82, 2.24) is 14.8 Å². The van der Waals surface area contributed by atoms with Crippen molar-refractivity contribution in [1.29, 1.82) is 0 Å². The third kappa shape index (κ3) is 6.47. The summed E-state index contributed by atoms with van der Waals surface area (Å²) in [6.45, 7) is 0.669. The highest BCUT2D eigenvalue weighted by molar-refractivity contribution is 9.10. The quantitative estimate of drug-likeness (QED) is 0.258. The van der Waals surface area contributed by atoms with Gasteiger partial charge in [0.15, 0.2) is 0 Å². The van der Waals surface area contributed by atoms with Crippen LogP contribution in [0.2, 0.25) is 0 Å². The fourth-order valence-electron chi connectivity index (χ4n) is 1.77. The smallest absolute Gasteiger partial charge is 0.390 e. The Kier molecular flexibility index (Phi) is 8.20. The minimum Gasteiger partial charge on any atom is -0.390 e. The van der Waals surface area contributed by atoms with Crippen molar-refractivity contribution in [2.24, 2.45) is 0 Å². The van der Waals surface area contributed by atoms with Gasteiger partial charge in [0.2, 0.25) is 0 Å². The van der Waals surface area contributed by atoms with E-state index in [1.807, 2.05) is 0 Å². The van der Waals surface area contributed by atoms with Gasteiger partial charge in [-0.3, -0.25) is 0 Å². The Morgan fingerprint density at radius 3 is 2.21 bits per heavy atom. The Balaban J connectivity index is 2.14. The summed E-state index contributed by atoms with van der Waals surface area (Å²) in [5.41, 5.74) is 0. The van der Waals surface area contributed by atoms with Crippen LogP contribution in [-0.2, 0) is 6.54 Å². The minimum absolute atomic E-state index is 0.346. The molecule has 1 aromatic rings. The number of halogens is 2. The predicted molar refractivity (Wildman–Crippen MR) is 80.5 cm³/mol. The van der Waals surface area contributed by atoms with Crippen LogP contribution in [0, 0.1) is 10.1 Å².